The van der Waals surface area contributed by atoms with Gasteiger partial charge in [0.1, 0.15) is 13.2 Å². The van der Waals surface area contributed by atoms with Gasteiger partial charge in [-0.2, -0.15) is 0 Å². The number of quaternary nitrogens is 1. The molecular formula is C60H120N2O6P+. The molecule has 0 fully saturated rings. The Morgan fingerprint density at radius 1 is 0.478 bits per heavy atom. The Kier molecular flexibility index (Phi) is 51.1. The zero-order chi connectivity index (χ0) is 50.6. The maximum Gasteiger partial charge on any atom is 0.472 e. The van der Waals surface area contributed by atoms with Crippen LogP contribution in [0.15, 0.2) is 24.3 Å². The average Bonchev–Trinajstić information content (AvgIpc) is 3.31. The van der Waals surface area contributed by atoms with Gasteiger partial charge in [-0.3, -0.25) is 13.8 Å². The molecule has 0 saturated carbocycles. The van der Waals surface area contributed by atoms with Gasteiger partial charge in [0.05, 0.1) is 39.9 Å². The molecule has 8 nitrogen and oxygen atoms in total. The smallest absolute Gasteiger partial charge is 0.387 e. The molecule has 1 amide bonds. The molecule has 410 valence electrons. The lowest BCUT2D eigenvalue weighted by Crippen LogP contribution is -2.45. The molecule has 3 atom stereocenters. The standard InChI is InChI=1S/C60H119N2O6P/c1-6-8-10-12-14-16-18-20-22-24-25-26-27-28-29-30-31-32-33-34-35-36-37-38-39-41-43-45-47-49-51-53-59(63)58(57-68-69(65,66)67-56-55-62(3,4)5)61-60(64)54-52-50-48-46-44-42-40-23-21-19-17-15-13-11-9-7-2/h43,45,51,53,58-59,63H,6-42,44,46-50,52,54-57H2,1-5H3,(H-,61,64,65,66)/p+1/b45-43+,53-51+. The SMILES string of the molecule is CCCCCCCCCCCCCCCCCCCCCCCCCCC/C=C/CC/C=C/C(O)C(COP(=O)(O)OCC[N+](C)(C)C)NC(=O)CCCCCCCCCCCCCCCCCC. The second-order valence-electron chi connectivity index (χ2n) is 22.1. The third-order valence-electron chi connectivity index (χ3n) is 13.9. The number of unbranched alkanes of at least 4 members (excludes halogenated alkanes) is 41. The molecule has 0 spiro atoms. The predicted octanol–water partition coefficient (Wildman–Crippen LogP) is 18.4. The number of hydrogen-bond acceptors (Lipinski definition) is 5. The van der Waals surface area contributed by atoms with Gasteiger partial charge >= 0.3 is 7.82 Å². The fourth-order valence-corrected chi connectivity index (χ4v) is 9.92. The van der Waals surface area contributed by atoms with Crippen LogP contribution in [0.3, 0.4) is 0 Å². The average molecular weight is 997 g/mol. The predicted molar refractivity (Wildman–Crippen MR) is 300 cm³/mol. The van der Waals surface area contributed by atoms with Gasteiger partial charge in [-0.25, -0.2) is 4.57 Å². The molecule has 0 aliphatic heterocycles. The fourth-order valence-electron chi connectivity index (χ4n) is 9.18. The summed E-state index contributed by atoms with van der Waals surface area (Å²) in [5.41, 5.74) is 0. The number of allylic oxidation sites excluding steroid dienone is 3. The van der Waals surface area contributed by atoms with Gasteiger partial charge in [0.2, 0.25) is 5.91 Å². The maximum atomic E-state index is 13.0. The van der Waals surface area contributed by atoms with Crippen LogP contribution in [0.2, 0.25) is 0 Å². The van der Waals surface area contributed by atoms with E-state index in [4.69, 9.17) is 9.05 Å². The second kappa shape index (κ2) is 51.9. The minimum absolute atomic E-state index is 0.0587. The summed E-state index contributed by atoms with van der Waals surface area (Å²) in [6.45, 7) is 4.84. The van der Waals surface area contributed by atoms with E-state index in [2.05, 4.69) is 31.3 Å². The molecule has 0 aromatic heterocycles. The number of phosphoric acid groups is 1. The van der Waals surface area contributed by atoms with Gasteiger partial charge in [-0.1, -0.05) is 289 Å². The highest BCUT2D eigenvalue weighted by molar-refractivity contribution is 7.47. The number of amides is 1. The number of likely N-dealkylation sites (N-methyl/N-ethyl adjacent to an activating group) is 1. The number of carbonyl (C=O) groups excluding carboxylic acids is 1. The van der Waals surface area contributed by atoms with Crippen LogP contribution in [0.4, 0.5) is 0 Å². The Bertz CT molecular complexity index is 1170. The summed E-state index contributed by atoms with van der Waals surface area (Å²) < 4.78 is 23.7. The van der Waals surface area contributed by atoms with E-state index in [0.29, 0.717) is 17.4 Å². The molecule has 3 N–H and O–H groups in total. The molecule has 0 radical (unpaired) electrons. The fraction of sp³-hybridized carbons (Fsp3) is 0.917. The van der Waals surface area contributed by atoms with Crippen LogP contribution in [0.25, 0.3) is 0 Å². The van der Waals surface area contributed by atoms with Crippen LogP contribution >= 0.6 is 7.82 Å². The topological polar surface area (TPSA) is 105 Å². The van der Waals surface area contributed by atoms with Gasteiger partial charge in [-0.05, 0) is 32.1 Å². The van der Waals surface area contributed by atoms with Crippen molar-refractivity contribution in [3.05, 3.63) is 24.3 Å². The van der Waals surface area contributed by atoms with E-state index in [9.17, 15) is 19.4 Å². The summed E-state index contributed by atoms with van der Waals surface area (Å²) in [4.78, 5) is 23.3. The Morgan fingerprint density at radius 3 is 1.16 bits per heavy atom. The van der Waals surface area contributed by atoms with Crippen molar-refractivity contribution in [2.24, 2.45) is 0 Å². The summed E-state index contributed by atoms with van der Waals surface area (Å²) in [6.07, 6.45) is 65.9. The molecule has 0 saturated heterocycles. The number of nitrogens with one attached hydrogen (secondary N) is 1. The van der Waals surface area contributed by atoms with Crippen molar-refractivity contribution >= 4 is 13.7 Å². The molecule has 0 bridgehead atoms. The number of nitrogens with zero attached hydrogens (tertiary/aromatic N) is 1. The lowest BCUT2D eigenvalue weighted by molar-refractivity contribution is -0.870. The first-order chi connectivity index (χ1) is 33.5. The Labute approximate surface area is 430 Å². The first kappa shape index (κ1) is 68.0. The highest BCUT2D eigenvalue weighted by atomic mass is 31.2. The number of rotatable bonds is 56. The van der Waals surface area contributed by atoms with Crippen molar-refractivity contribution in [3.8, 4) is 0 Å². The summed E-state index contributed by atoms with van der Waals surface area (Å²) in [7, 11) is 1.57. The number of hydrogen-bond donors (Lipinski definition) is 3. The van der Waals surface area contributed by atoms with E-state index in [1.807, 2.05) is 27.2 Å². The molecule has 9 heteroatoms. The van der Waals surface area contributed by atoms with Crippen LogP contribution in [-0.4, -0.2) is 73.4 Å². The highest BCUT2D eigenvalue weighted by Gasteiger charge is 2.27. The molecule has 0 aromatic rings. The molecule has 69 heavy (non-hydrogen) atoms. The van der Waals surface area contributed by atoms with Crippen molar-refractivity contribution in [3.63, 3.8) is 0 Å². The molecule has 3 unspecified atom stereocenters. The van der Waals surface area contributed by atoms with Crippen LogP contribution in [0, 0.1) is 0 Å². The maximum absolute atomic E-state index is 13.0. The number of aliphatic hydroxyl groups excluding tert-OH is 1. The number of aliphatic hydroxyl groups is 1. The van der Waals surface area contributed by atoms with Gasteiger partial charge in [0.15, 0.2) is 0 Å². The van der Waals surface area contributed by atoms with Gasteiger partial charge in [0.25, 0.3) is 0 Å². The summed E-state index contributed by atoms with van der Waals surface area (Å²) >= 11 is 0. The molecule has 0 aromatic carbocycles. The number of carbonyl (C=O) groups is 1. The van der Waals surface area contributed by atoms with Gasteiger partial charge in [-0.15, -0.1) is 0 Å². The highest BCUT2D eigenvalue weighted by Crippen LogP contribution is 2.43. The van der Waals surface area contributed by atoms with E-state index in [1.54, 1.807) is 6.08 Å². The van der Waals surface area contributed by atoms with E-state index < -0.39 is 20.0 Å². The van der Waals surface area contributed by atoms with Crippen LogP contribution in [0.5, 0.6) is 0 Å². The second-order valence-corrected chi connectivity index (χ2v) is 23.5. The minimum atomic E-state index is -4.35. The lowest BCUT2D eigenvalue weighted by Gasteiger charge is -2.25. The van der Waals surface area contributed by atoms with Crippen molar-refractivity contribution in [1.82, 2.24) is 5.32 Å². The van der Waals surface area contributed by atoms with Crippen molar-refractivity contribution in [1.29, 1.82) is 0 Å². The van der Waals surface area contributed by atoms with E-state index in [1.165, 1.54) is 244 Å². The Morgan fingerprint density at radius 2 is 0.797 bits per heavy atom. The van der Waals surface area contributed by atoms with E-state index in [0.717, 1.165) is 38.5 Å². The number of phosphoric ester groups is 1. The van der Waals surface area contributed by atoms with Gasteiger partial charge in [0, 0.05) is 6.42 Å². The Hall–Kier alpha value is -1.02. The van der Waals surface area contributed by atoms with E-state index in [-0.39, 0.29) is 19.1 Å². The van der Waals surface area contributed by atoms with Crippen LogP contribution in [0.1, 0.15) is 303 Å². The van der Waals surface area contributed by atoms with Crippen LogP contribution in [-0.2, 0) is 18.4 Å². The zero-order valence-electron chi connectivity index (χ0n) is 46.8. The first-order valence-electron chi connectivity index (χ1n) is 30.2. The third kappa shape index (κ3) is 54.6. The lowest BCUT2D eigenvalue weighted by atomic mass is 10.0. The Balaban J connectivity index is 4.12. The minimum Gasteiger partial charge on any atom is -0.387 e. The van der Waals surface area contributed by atoms with Crippen molar-refractivity contribution in [2.45, 2.75) is 315 Å². The molecule has 0 aliphatic carbocycles. The quantitative estimate of drug-likeness (QED) is 0.0243. The largest absolute Gasteiger partial charge is 0.472 e. The van der Waals surface area contributed by atoms with Gasteiger partial charge < -0.3 is 19.8 Å². The molecule has 0 rings (SSSR count). The molecular weight excluding hydrogens is 876 g/mol. The van der Waals surface area contributed by atoms with E-state index >= 15 is 0 Å². The summed E-state index contributed by atoms with van der Waals surface area (Å²) in [6, 6.07) is -0.860. The summed E-state index contributed by atoms with van der Waals surface area (Å²) in [5, 5.41) is 13.9. The normalized spacial score (nSPS) is 14.0. The first-order valence-corrected chi connectivity index (χ1v) is 31.7. The molecule has 0 aliphatic rings. The third-order valence-corrected chi connectivity index (χ3v) is 14.9. The van der Waals surface area contributed by atoms with Crippen LogP contribution < -0.4 is 5.32 Å². The molecule has 0 heterocycles. The zero-order valence-corrected chi connectivity index (χ0v) is 47.7. The monoisotopic (exact) mass is 996 g/mol. The van der Waals surface area contributed by atoms with Crippen molar-refractivity contribution < 1.29 is 32.9 Å². The summed E-state index contributed by atoms with van der Waals surface area (Å²) in [5.74, 6) is -0.182. The van der Waals surface area contributed by atoms with Crippen molar-refractivity contribution in [2.75, 3.05) is 40.9 Å².